The van der Waals surface area contributed by atoms with Crippen LogP contribution in [-0.2, 0) is 13.1 Å². The van der Waals surface area contributed by atoms with Gasteiger partial charge in [0.15, 0.2) is 5.76 Å². The topological polar surface area (TPSA) is 77.9 Å². The molecule has 3 aromatic rings. The lowest BCUT2D eigenvalue weighted by Gasteiger charge is -2.13. The predicted molar refractivity (Wildman–Crippen MR) is 108 cm³/mol. The van der Waals surface area contributed by atoms with E-state index >= 15 is 0 Å². The normalized spacial score (nSPS) is 12.4. The summed E-state index contributed by atoms with van der Waals surface area (Å²) in [7, 11) is 0. The van der Waals surface area contributed by atoms with Gasteiger partial charge in [0.05, 0.1) is 28.6 Å². The van der Waals surface area contributed by atoms with E-state index in [2.05, 4.69) is 22.4 Å². The molecule has 28 heavy (non-hydrogen) atoms. The van der Waals surface area contributed by atoms with E-state index in [-0.39, 0.29) is 11.8 Å². The Kier molecular flexibility index (Phi) is 5.93. The average Bonchev–Trinajstić information content (AvgIpc) is 3.29. The molecule has 0 aliphatic heterocycles. The Balaban J connectivity index is 1.55. The van der Waals surface area contributed by atoms with Crippen molar-refractivity contribution >= 4 is 17.5 Å². The molecule has 0 aromatic carbocycles. The summed E-state index contributed by atoms with van der Waals surface area (Å²) in [6.45, 7) is 11.6. The van der Waals surface area contributed by atoms with Crippen LogP contribution in [0.4, 0.5) is 0 Å². The number of amides is 1. The van der Waals surface area contributed by atoms with Crippen molar-refractivity contribution in [3.8, 4) is 0 Å². The molecule has 1 unspecified atom stereocenters. The average molecular weight is 404 g/mol. The van der Waals surface area contributed by atoms with Crippen LogP contribution in [0.2, 0.25) is 5.02 Å². The van der Waals surface area contributed by atoms with Crippen molar-refractivity contribution in [2.45, 2.75) is 47.7 Å². The van der Waals surface area contributed by atoms with Gasteiger partial charge < -0.3 is 9.73 Å². The fourth-order valence-corrected chi connectivity index (χ4v) is 3.27. The van der Waals surface area contributed by atoms with Gasteiger partial charge in [-0.2, -0.15) is 10.2 Å². The molecule has 0 aliphatic carbocycles. The second-order valence-electron chi connectivity index (χ2n) is 7.33. The number of carbonyl (C=O) groups is 1. The largest absolute Gasteiger partial charge is 0.454 e. The van der Waals surface area contributed by atoms with Crippen LogP contribution < -0.4 is 5.32 Å². The zero-order chi connectivity index (χ0) is 20.4. The van der Waals surface area contributed by atoms with E-state index in [0.717, 1.165) is 29.3 Å². The lowest BCUT2D eigenvalue weighted by atomic mass is 10.2. The number of hydrogen-bond acceptors (Lipinski definition) is 4. The predicted octanol–water partition coefficient (Wildman–Crippen LogP) is 3.67. The minimum absolute atomic E-state index is 0.224. The van der Waals surface area contributed by atoms with Gasteiger partial charge in [-0.1, -0.05) is 18.5 Å². The molecule has 0 aliphatic rings. The van der Waals surface area contributed by atoms with E-state index in [1.807, 2.05) is 38.4 Å². The van der Waals surface area contributed by atoms with Crippen LogP contribution in [0, 0.1) is 33.6 Å². The lowest BCUT2D eigenvalue weighted by Crippen LogP contribution is -2.30. The standard InChI is InChI=1S/C20H26ClN5O2/c1-12(10-25-14(3)8-13(2)23-25)9-22-20(27)18-7-6-17(28-18)11-26-16(5)19(21)15(4)24-26/h6-8,12H,9-11H2,1-5H3,(H,22,27). The van der Waals surface area contributed by atoms with E-state index < -0.39 is 0 Å². The SMILES string of the molecule is Cc1cc(C)n(CC(C)CNC(=O)c2ccc(Cn3nc(C)c(Cl)c3C)o2)n1. The maximum atomic E-state index is 12.4. The Labute approximate surface area is 169 Å². The third kappa shape index (κ3) is 4.47. The van der Waals surface area contributed by atoms with Crippen LogP contribution in [0.1, 0.15) is 46.0 Å². The molecule has 1 amide bonds. The maximum absolute atomic E-state index is 12.4. The highest BCUT2D eigenvalue weighted by Gasteiger charge is 2.15. The summed E-state index contributed by atoms with van der Waals surface area (Å²) >= 11 is 6.18. The van der Waals surface area contributed by atoms with Crippen LogP contribution in [0.15, 0.2) is 22.6 Å². The zero-order valence-corrected chi connectivity index (χ0v) is 17.7. The Morgan fingerprint density at radius 2 is 1.96 bits per heavy atom. The Morgan fingerprint density at radius 1 is 1.21 bits per heavy atom. The second-order valence-corrected chi connectivity index (χ2v) is 7.71. The maximum Gasteiger partial charge on any atom is 0.287 e. The van der Waals surface area contributed by atoms with Crippen molar-refractivity contribution in [3.05, 3.63) is 57.5 Å². The smallest absolute Gasteiger partial charge is 0.287 e. The first-order chi connectivity index (χ1) is 13.2. The lowest BCUT2D eigenvalue weighted by molar-refractivity contribution is 0.0916. The molecule has 0 spiro atoms. The molecule has 150 valence electrons. The molecule has 3 rings (SSSR count). The van der Waals surface area contributed by atoms with Gasteiger partial charge in [-0.25, -0.2) is 0 Å². The highest BCUT2D eigenvalue weighted by molar-refractivity contribution is 6.31. The molecule has 8 heteroatoms. The Bertz CT molecular complexity index is 985. The molecule has 0 bridgehead atoms. The number of carbonyl (C=O) groups excluding carboxylic acids is 1. The Hall–Kier alpha value is -2.54. The number of hydrogen-bond donors (Lipinski definition) is 1. The summed E-state index contributed by atoms with van der Waals surface area (Å²) < 4.78 is 9.43. The van der Waals surface area contributed by atoms with E-state index in [1.165, 1.54) is 0 Å². The van der Waals surface area contributed by atoms with Crippen molar-refractivity contribution in [1.82, 2.24) is 24.9 Å². The third-order valence-electron chi connectivity index (χ3n) is 4.68. The van der Waals surface area contributed by atoms with Crippen LogP contribution in [-0.4, -0.2) is 32.0 Å². The number of aryl methyl sites for hydroxylation is 3. The first-order valence-electron chi connectivity index (χ1n) is 9.32. The second kappa shape index (κ2) is 8.22. The summed E-state index contributed by atoms with van der Waals surface area (Å²) in [4.78, 5) is 12.4. The molecule has 1 atom stereocenters. The number of rotatable bonds is 7. The van der Waals surface area contributed by atoms with Crippen LogP contribution in [0.5, 0.6) is 0 Å². The number of halogens is 1. The minimum atomic E-state index is -0.224. The van der Waals surface area contributed by atoms with Crippen LogP contribution >= 0.6 is 11.6 Å². The molecular formula is C20H26ClN5O2. The summed E-state index contributed by atoms with van der Waals surface area (Å²) in [5, 5.41) is 12.4. The van der Waals surface area contributed by atoms with E-state index in [1.54, 1.807) is 16.8 Å². The minimum Gasteiger partial charge on any atom is -0.454 e. The van der Waals surface area contributed by atoms with Gasteiger partial charge in [-0.05, 0) is 51.8 Å². The zero-order valence-electron chi connectivity index (χ0n) is 16.9. The van der Waals surface area contributed by atoms with Crippen LogP contribution in [0.25, 0.3) is 0 Å². The molecule has 1 N–H and O–H groups in total. The van der Waals surface area contributed by atoms with Crippen molar-refractivity contribution in [2.24, 2.45) is 5.92 Å². The molecule has 3 aromatic heterocycles. The number of furan rings is 1. The third-order valence-corrected chi connectivity index (χ3v) is 5.23. The molecular weight excluding hydrogens is 378 g/mol. The summed E-state index contributed by atoms with van der Waals surface area (Å²) in [5.74, 6) is 0.968. The summed E-state index contributed by atoms with van der Waals surface area (Å²) in [6.07, 6.45) is 0. The first-order valence-corrected chi connectivity index (χ1v) is 9.70. The van der Waals surface area contributed by atoms with Gasteiger partial charge in [-0.15, -0.1) is 0 Å². The number of nitrogens with zero attached hydrogens (tertiary/aromatic N) is 4. The van der Waals surface area contributed by atoms with Gasteiger partial charge in [0.25, 0.3) is 5.91 Å². The van der Waals surface area contributed by atoms with E-state index in [4.69, 9.17) is 16.0 Å². The van der Waals surface area contributed by atoms with E-state index in [0.29, 0.717) is 29.6 Å². The van der Waals surface area contributed by atoms with Crippen molar-refractivity contribution in [3.63, 3.8) is 0 Å². The monoisotopic (exact) mass is 403 g/mol. The number of nitrogens with one attached hydrogen (secondary N) is 1. The first kappa shape index (κ1) is 20.2. The highest BCUT2D eigenvalue weighted by atomic mass is 35.5. The van der Waals surface area contributed by atoms with Gasteiger partial charge in [0, 0.05) is 18.8 Å². The molecule has 7 nitrogen and oxygen atoms in total. The molecule has 0 fully saturated rings. The van der Waals surface area contributed by atoms with Crippen molar-refractivity contribution in [2.75, 3.05) is 6.54 Å². The fourth-order valence-electron chi connectivity index (χ4n) is 3.14. The van der Waals surface area contributed by atoms with Crippen LogP contribution in [0.3, 0.4) is 0 Å². The highest BCUT2D eigenvalue weighted by Crippen LogP contribution is 2.20. The van der Waals surface area contributed by atoms with Gasteiger partial charge in [0.2, 0.25) is 0 Å². The molecule has 0 saturated carbocycles. The summed E-state index contributed by atoms with van der Waals surface area (Å²) in [5.41, 5.74) is 3.77. The Morgan fingerprint density at radius 3 is 2.57 bits per heavy atom. The number of aromatic nitrogens is 4. The van der Waals surface area contributed by atoms with Gasteiger partial charge in [-0.3, -0.25) is 14.2 Å². The molecule has 0 radical (unpaired) electrons. The molecule has 3 heterocycles. The van der Waals surface area contributed by atoms with Gasteiger partial charge >= 0.3 is 0 Å². The summed E-state index contributed by atoms with van der Waals surface area (Å²) in [6, 6.07) is 5.52. The van der Waals surface area contributed by atoms with Crippen molar-refractivity contribution < 1.29 is 9.21 Å². The van der Waals surface area contributed by atoms with Gasteiger partial charge in [0.1, 0.15) is 5.76 Å². The van der Waals surface area contributed by atoms with Crippen molar-refractivity contribution in [1.29, 1.82) is 0 Å². The quantitative estimate of drug-likeness (QED) is 0.652. The van der Waals surface area contributed by atoms with E-state index in [9.17, 15) is 4.79 Å². The molecule has 0 saturated heterocycles. The fraction of sp³-hybridized carbons (Fsp3) is 0.450.